The molecular formula is C8H12N2S. The predicted molar refractivity (Wildman–Crippen MR) is 49.3 cm³/mol. The molecule has 0 bridgehead atoms. The highest BCUT2D eigenvalue weighted by Crippen LogP contribution is 2.18. The molecule has 0 saturated carbocycles. The summed E-state index contributed by atoms with van der Waals surface area (Å²) in [5.41, 5.74) is 3.90. The number of nitrogens with two attached hydrogens (primary N) is 1. The van der Waals surface area contributed by atoms with Crippen LogP contribution in [0.2, 0.25) is 0 Å². The number of benzene rings is 1. The quantitative estimate of drug-likeness (QED) is 0.407. The molecule has 0 aliphatic carbocycles. The van der Waals surface area contributed by atoms with E-state index in [1.54, 1.807) is 11.8 Å². The molecule has 0 aliphatic rings. The maximum absolute atomic E-state index is 5.22. The van der Waals surface area contributed by atoms with Gasteiger partial charge in [-0.25, -0.2) is 0 Å². The van der Waals surface area contributed by atoms with Crippen molar-refractivity contribution in [2.75, 3.05) is 6.26 Å². The largest absolute Gasteiger partial charge is 0.271 e. The van der Waals surface area contributed by atoms with Crippen molar-refractivity contribution in [2.24, 2.45) is 5.84 Å². The van der Waals surface area contributed by atoms with E-state index < -0.39 is 0 Å². The van der Waals surface area contributed by atoms with Crippen molar-refractivity contribution in [1.82, 2.24) is 5.43 Å². The predicted octanol–water partition coefficient (Wildman–Crippen LogP) is 1.37. The van der Waals surface area contributed by atoms with Crippen LogP contribution in [-0.2, 0) is 6.54 Å². The molecule has 2 nitrogen and oxygen atoms in total. The van der Waals surface area contributed by atoms with E-state index in [1.165, 1.54) is 10.5 Å². The summed E-state index contributed by atoms with van der Waals surface area (Å²) in [6, 6.07) is 8.22. The Morgan fingerprint density at radius 2 is 2.18 bits per heavy atom. The molecular weight excluding hydrogens is 156 g/mol. The Hall–Kier alpha value is -0.510. The molecule has 1 rings (SSSR count). The first-order valence-electron chi connectivity index (χ1n) is 3.44. The van der Waals surface area contributed by atoms with Crippen LogP contribution < -0.4 is 11.3 Å². The fourth-order valence-electron chi connectivity index (χ4n) is 0.959. The molecule has 3 N–H and O–H groups in total. The zero-order chi connectivity index (χ0) is 8.10. The van der Waals surface area contributed by atoms with Crippen LogP contribution in [0.5, 0.6) is 0 Å². The van der Waals surface area contributed by atoms with Gasteiger partial charge in [-0.1, -0.05) is 18.2 Å². The summed E-state index contributed by atoms with van der Waals surface area (Å²) in [5.74, 6) is 5.22. The van der Waals surface area contributed by atoms with Crippen LogP contribution in [0.15, 0.2) is 29.2 Å². The minimum atomic E-state index is 0.733. The van der Waals surface area contributed by atoms with Gasteiger partial charge in [0.2, 0.25) is 0 Å². The lowest BCUT2D eigenvalue weighted by molar-refractivity contribution is 0.731. The van der Waals surface area contributed by atoms with Crippen LogP contribution in [0.25, 0.3) is 0 Å². The lowest BCUT2D eigenvalue weighted by atomic mass is 10.2. The molecule has 0 atom stereocenters. The van der Waals surface area contributed by atoms with Gasteiger partial charge in [0.15, 0.2) is 0 Å². The van der Waals surface area contributed by atoms with Crippen LogP contribution in [-0.4, -0.2) is 6.26 Å². The summed E-state index contributed by atoms with van der Waals surface area (Å²) in [5, 5.41) is 0. The number of hydrazine groups is 1. The monoisotopic (exact) mass is 168 g/mol. The Labute approximate surface area is 71.1 Å². The smallest absolute Gasteiger partial charge is 0.0359 e. The first-order valence-corrected chi connectivity index (χ1v) is 4.66. The molecule has 0 heterocycles. The van der Waals surface area contributed by atoms with Gasteiger partial charge in [-0.3, -0.25) is 11.3 Å². The molecule has 0 amide bonds. The summed E-state index contributed by atoms with van der Waals surface area (Å²) >= 11 is 1.74. The minimum absolute atomic E-state index is 0.733. The number of rotatable bonds is 3. The molecule has 11 heavy (non-hydrogen) atoms. The average Bonchev–Trinajstić information content (AvgIpc) is 2.06. The molecule has 1 aromatic rings. The van der Waals surface area contributed by atoms with E-state index in [4.69, 9.17) is 5.84 Å². The van der Waals surface area contributed by atoms with Gasteiger partial charge in [0, 0.05) is 11.4 Å². The standard InChI is InChI=1S/C8H12N2S/c1-11-8-5-3-2-4-7(8)6-10-9/h2-5,10H,6,9H2,1H3. The molecule has 0 unspecified atom stereocenters. The molecule has 0 aliphatic heterocycles. The number of nitrogens with one attached hydrogen (secondary N) is 1. The van der Waals surface area contributed by atoms with Gasteiger partial charge in [-0.2, -0.15) is 0 Å². The Morgan fingerprint density at radius 3 is 2.82 bits per heavy atom. The van der Waals surface area contributed by atoms with E-state index in [1.807, 2.05) is 12.1 Å². The van der Waals surface area contributed by atoms with Crippen molar-refractivity contribution in [1.29, 1.82) is 0 Å². The average molecular weight is 168 g/mol. The Morgan fingerprint density at radius 1 is 1.45 bits per heavy atom. The maximum Gasteiger partial charge on any atom is 0.0359 e. The third kappa shape index (κ3) is 2.22. The van der Waals surface area contributed by atoms with Crippen LogP contribution in [0.4, 0.5) is 0 Å². The van der Waals surface area contributed by atoms with E-state index >= 15 is 0 Å². The molecule has 0 spiro atoms. The van der Waals surface area contributed by atoms with Gasteiger partial charge >= 0.3 is 0 Å². The van der Waals surface area contributed by atoms with E-state index in [9.17, 15) is 0 Å². The first-order chi connectivity index (χ1) is 5.38. The molecule has 0 saturated heterocycles. The molecule has 60 valence electrons. The fourth-order valence-corrected chi connectivity index (χ4v) is 1.58. The normalized spacial score (nSPS) is 10.0. The van der Waals surface area contributed by atoms with Crippen molar-refractivity contribution in [2.45, 2.75) is 11.4 Å². The van der Waals surface area contributed by atoms with Gasteiger partial charge in [0.1, 0.15) is 0 Å². The van der Waals surface area contributed by atoms with E-state index in [0.29, 0.717) is 0 Å². The molecule has 3 heteroatoms. The number of thioether (sulfide) groups is 1. The Kier molecular flexibility index (Phi) is 3.42. The van der Waals surface area contributed by atoms with Crippen LogP contribution in [0.1, 0.15) is 5.56 Å². The van der Waals surface area contributed by atoms with Crippen LogP contribution >= 0.6 is 11.8 Å². The Bertz CT molecular complexity index is 225. The van der Waals surface area contributed by atoms with Gasteiger partial charge < -0.3 is 0 Å². The SMILES string of the molecule is CSc1ccccc1CNN. The second-order valence-electron chi connectivity index (χ2n) is 2.19. The third-order valence-electron chi connectivity index (χ3n) is 1.49. The first kappa shape index (κ1) is 8.59. The van der Waals surface area contributed by atoms with E-state index in [-0.39, 0.29) is 0 Å². The number of hydrogen-bond donors (Lipinski definition) is 2. The topological polar surface area (TPSA) is 38.0 Å². The summed E-state index contributed by atoms with van der Waals surface area (Å²) in [4.78, 5) is 1.28. The minimum Gasteiger partial charge on any atom is -0.271 e. The zero-order valence-corrected chi connectivity index (χ0v) is 7.32. The van der Waals surface area contributed by atoms with Crippen molar-refractivity contribution >= 4 is 11.8 Å². The summed E-state index contributed by atoms with van der Waals surface area (Å²) in [6.07, 6.45) is 2.06. The zero-order valence-electron chi connectivity index (χ0n) is 6.50. The van der Waals surface area contributed by atoms with Gasteiger partial charge in [-0.05, 0) is 17.9 Å². The van der Waals surface area contributed by atoms with Crippen LogP contribution in [0.3, 0.4) is 0 Å². The van der Waals surface area contributed by atoms with Crippen molar-refractivity contribution < 1.29 is 0 Å². The second kappa shape index (κ2) is 4.38. The lowest BCUT2D eigenvalue weighted by Gasteiger charge is -2.04. The van der Waals surface area contributed by atoms with Gasteiger partial charge in [-0.15, -0.1) is 11.8 Å². The maximum atomic E-state index is 5.22. The summed E-state index contributed by atoms with van der Waals surface area (Å²) in [6.45, 7) is 0.733. The van der Waals surface area contributed by atoms with Crippen molar-refractivity contribution in [3.63, 3.8) is 0 Å². The third-order valence-corrected chi connectivity index (χ3v) is 2.32. The lowest BCUT2D eigenvalue weighted by Crippen LogP contribution is -2.21. The highest BCUT2D eigenvalue weighted by atomic mass is 32.2. The van der Waals surface area contributed by atoms with E-state index in [0.717, 1.165) is 6.54 Å². The van der Waals surface area contributed by atoms with Crippen molar-refractivity contribution in [3.05, 3.63) is 29.8 Å². The molecule has 0 aromatic heterocycles. The second-order valence-corrected chi connectivity index (χ2v) is 3.04. The summed E-state index contributed by atoms with van der Waals surface area (Å²) < 4.78 is 0. The summed E-state index contributed by atoms with van der Waals surface area (Å²) in [7, 11) is 0. The highest BCUT2D eigenvalue weighted by Gasteiger charge is 1.96. The van der Waals surface area contributed by atoms with E-state index in [2.05, 4.69) is 23.8 Å². The van der Waals surface area contributed by atoms with Gasteiger partial charge in [0.05, 0.1) is 0 Å². The highest BCUT2D eigenvalue weighted by molar-refractivity contribution is 7.98. The van der Waals surface area contributed by atoms with Crippen LogP contribution in [0, 0.1) is 0 Å². The Balaban J connectivity index is 2.83. The molecule has 1 aromatic carbocycles. The molecule has 0 fully saturated rings. The van der Waals surface area contributed by atoms with Crippen molar-refractivity contribution in [3.8, 4) is 0 Å². The van der Waals surface area contributed by atoms with Gasteiger partial charge in [0.25, 0.3) is 0 Å². The molecule has 0 radical (unpaired) electrons. The number of hydrogen-bond acceptors (Lipinski definition) is 3. The fraction of sp³-hybridized carbons (Fsp3) is 0.250.